The third-order valence-electron chi connectivity index (χ3n) is 4.93. The van der Waals surface area contributed by atoms with Crippen molar-refractivity contribution in [1.29, 1.82) is 0 Å². The molecule has 1 saturated heterocycles. The number of nitrogens with one attached hydrogen (secondary N) is 1. The monoisotopic (exact) mass is 464 g/mol. The van der Waals surface area contributed by atoms with Crippen LogP contribution in [-0.4, -0.2) is 53.3 Å². The number of nitrogens with zero attached hydrogens (tertiary/aromatic N) is 3. The van der Waals surface area contributed by atoms with Crippen molar-refractivity contribution in [3.8, 4) is 11.5 Å². The molecule has 0 spiro atoms. The van der Waals surface area contributed by atoms with E-state index in [1.54, 1.807) is 25.4 Å². The maximum absolute atomic E-state index is 14.1. The summed E-state index contributed by atoms with van der Waals surface area (Å²) >= 11 is 10.2. The fraction of sp³-hybridized carbons (Fsp3) is 0.333. The first kappa shape index (κ1) is 21.9. The van der Waals surface area contributed by atoms with Gasteiger partial charge < -0.3 is 19.5 Å². The van der Waals surface area contributed by atoms with Crippen molar-refractivity contribution in [1.82, 2.24) is 14.9 Å². The molecule has 1 N–H and O–H groups in total. The SMILES string of the molecule is COc1cc2cnc(Nc3ccc(Cl)cc3F)nc2cc1OC(C)N1CCOC(S)C1. The Labute approximate surface area is 189 Å². The average Bonchev–Trinajstić information content (AvgIpc) is 2.75. The molecule has 164 valence electrons. The van der Waals surface area contributed by atoms with Gasteiger partial charge in [-0.2, -0.15) is 0 Å². The molecule has 2 unspecified atom stereocenters. The van der Waals surface area contributed by atoms with Gasteiger partial charge in [0.2, 0.25) is 5.95 Å². The number of benzene rings is 2. The van der Waals surface area contributed by atoms with Crippen molar-refractivity contribution in [3.05, 3.63) is 47.4 Å². The lowest BCUT2D eigenvalue weighted by atomic mass is 10.2. The zero-order valence-corrected chi connectivity index (χ0v) is 18.7. The van der Waals surface area contributed by atoms with Crippen molar-refractivity contribution >= 4 is 46.8 Å². The van der Waals surface area contributed by atoms with Gasteiger partial charge in [-0.25, -0.2) is 14.4 Å². The number of ether oxygens (including phenoxy) is 3. The van der Waals surface area contributed by atoms with Crippen LogP contribution in [0.1, 0.15) is 6.92 Å². The van der Waals surface area contributed by atoms with E-state index in [1.165, 1.54) is 12.1 Å². The van der Waals surface area contributed by atoms with E-state index in [0.29, 0.717) is 35.2 Å². The van der Waals surface area contributed by atoms with Crippen molar-refractivity contribution in [2.75, 3.05) is 32.1 Å². The Hall–Kier alpha value is -2.33. The van der Waals surface area contributed by atoms with Crippen LogP contribution >= 0.6 is 24.2 Å². The maximum atomic E-state index is 14.1. The first-order valence-electron chi connectivity index (χ1n) is 9.70. The molecule has 2 aromatic carbocycles. The molecule has 0 bridgehead atoms. The molecule has 10 heteroatoms. The smallest absolute Gasteiger partial charge is 0.227 e. The minimum atomic E-state index is -0.489. The van der Waals surface area contributed by atoms with E-state index in [-0.39, 0.29) is 23.3 Å². The number of fused-ring (bicyclic) bond motifs is 1. The second-order valence-corrected chi connectivity index (χ2v) is 8.05. The summed E-state index contributed by atoms with van der Waals surface area (Å²) < 4.78 is 31.3. The molecule has 7 nitrogen and oxygen atoms in total. The molecule has 0 amide bonds. The van der Waals surface area contributed by atoms with Crippen LogP contribution in [0.4, 0.5) is 16.0 Å². The largest absolute Gasteiger partial charge is 0.493 e. The number of rotatable bonds is 6. The van der Waals surface area contributed by atoms with E-state index in [0.717, 1.165) is 11.9 Å². The summed E-state index contributed by atoms with van der Waals surface area (Å²) in [6, 6.07) is 7.95. The molecule has 4 rings (SSSR count). The number of thiol groups is 1. The standard InChI is InChI=1S/C21H22ClFN4O3S/c1-12(27-5-6-29-20(31)11-27)30-19-9-17-13(7-18(19)28-2)10-24-21(26-17)25-16-4-3-14(22)8-15(16)23/h3-4,7-10,12,20,31H,5-6,11H2,1-2H3,(H,24,25,26). The topological polar surface area (TPSA) is 68.7 Å². The third-order valence-corrected chi connectivity index (χ3v) is 5.48. The lowest BCUT2D eigenvalue weighted by Gasteiger charge is -2.35. The van der Waals surface area contributed by atoms with Crippen LogP contribution in [0, 0.1) is 5.82 Å². The molecular weight excluding hydrogens is 443 g/mol. The minimum Gasteiger partial charge on any atom is -0.493 e. The van der Waals surface area contributed by atoms with Gasteiger partial charge in [0.15, 0.2) is 11.5 Å². The fourth-order valence-electron chi connectivity index (χ4n) is 3.30. The zero-order chi connectivity index (χ0) is 22.0. The van der Waals surface area contributed by atoms with E-state index < -0.39 is 5.82 Å². The van der Waals surface area contributed by atoms with Crippen LogP contribution in [0.15, 0.2) is 36.5 Å². The second kappa shape index (κ2) is 9.44. The van der Waals surface area contributed by atoms with Crippen LogP contribution in [-0.2, 0) is 4.74 Å². The molecule has 3 aromatic rings. The molecule has 0 aliphatic carbocycles. The van der Waals surface area contributed by atoms with Gasteiger partial charge in [0.05, 0.1) is 24.9 Å². The summed E-state index contributed by atoms with van der Waals surface area (Å²) in [5.41, 5.74) is 0.716. The Morgan fingerprint density at radius 1 is 1.32 bits per heavy atom. The maximum Gasteiger partial charge on any atom is 0.227 e. The highest BCUT2D eigenvalue weighted by atomic mass is 35.5. The highest BCUT2D eigenvalue weighted by molar-refractivity contribution is 7.80. The first-order valence-corrected chi connectivity index (χ1v) is 10.6. The summed E-state index contributed by atoms with van der Waals surface area (Å²) in [5, 5.41) is 3.96. The normalized spacial score (nSPS) is 18.0. The van der Waals surface area contributed by atoms with Crippen LogP contribution < -0.4 is 14.8 Å². The Balaban J connectivity index is 1.59. The molecule has 1 aliphatic rings. The third kappa shape index (κ3) is 5.12. The average molecular weight is 465 g/mol. The predicted octanol–water partition coefficient (Wildman–Crippen LogP) is 4.49. The highest BCUT2D eigenvalue weighted by Crippen LogP contribution is 2.33. The molecule has 1 fully saturated rings. The van der Waals surface area contributed by atoms with Gasteiger partial charge >= 0.3 is 0 Å². The van der Waals surface area contributed by atoms with Gasteiger partial charge in [-0.1, -0.05) is 11.6 Å². The van der Waals surface area contributed by atoms with Gasteiger partial charge in [0, 0.05) is 35.8 Å². The van der Waals surface area contributed by atoms with Crippen molar-refractivity contribution < 1.29 is 18.6 Å². The van der Waals surface area contributed by atoms with E-state index >= 15 is 0 Å². The number of aromatic nitrogens is 2. The quantitative estimate of drug-likeness (QED) is 0.521. The number of halogens is 2. The van der Waals surface area contributed by atoms with E-state index in [2.05, 4.69) is 32.8 Å². The lowest BCUT2D eigenvalue weighted by molar-refractivity contribution is -0.0488. The van der Waals surface area contributed by atoms with Gasteiger partial charge in [-0.05, 0) is 31.2 Å². The molecule has 2 atom stereocenters. The Kier molecular flexibility index (Phi) is 6.66. The molecule has 1 aromatic heterocycles. The fourth-order valence-corrected chi connectivity index (χ4v) is 3.78. The Bertz CT molecular complexity index is 1090. The molecule has 31 heavy (non-hydrogen) atoms. The highest BCUT2D eigenvalue weighted by Gasteiger charge is 2.24. The van der Waals surface area contributed by atoms with E-state index in [4.69, 9.17) is 25.8 Å². The minimum absolute atomic E-state index is 0.145. The number of methoxy groups -OCH3 is 1. The van der Waals surface area contributed by atoms with Crippen LogP contribution in [0.25, 0.3) is 10.9 Å². The van der Waals surface area contributed by atoms with Gasteiger partial charge in [-0.3, -0.25) is 4.90 Å². The Morgan fingerprint density at radius 2 is 2.16 bits per heavy atom. The summed E-state index contributed by atoms with van der Waals surface area (Å²) in [7, 11) is 1.58. The van der Waals surface area contributed by atoms with Gasteiger partial charge in [0.1, 0.15) is 17.5 Å². The van der Waals surface area contributed by atoms with Crippen molar-refractivity contribution in [2.24, 2.45) is 0 Å². The summed E-state index contributed by atoms with van der Waals surface area (Å²) in [5.74, 6) is 0.885. The molecule has 1 aliphatic heterocycles. The Morgan fingerprint density at radius 3 is 2.90 bits per heavy atom. The summed E-state index contributed by atoms with van der Waals surface area (Å²) in [4.78, 5) is 10.9. The number of hydrogen-bond acceptors (Lipinski definition) is 8. The molecule has 2 heterocycles. The van der Waals surface area contributed by atoms with Crippen LogP contribution in [0.3, 0.4) is 0 Å². The zero-order valence-electron chi connectivity index (χ0n) is 17.0. The molecule has 0 radical (unpaired) electrons. The van der Waals surface area contributed by atoms with E-state index in [1.807, 2.05) is 13.0 Å². The molecule has 0 saturated carbocycles. The van der Waals surface area contributed by atoms with Crippen molar-refractivity contribution in [3.63, 3.8) is 0 Å². The number of anilines is 2. The second-order valence-electron chi connectivity index (χ2n) is 7.04. The van der Waals surface area contributed by atoms with Crippen molar-refractivity contribution in [2.45, 2.75) is 18.6 Å². The number of hydrogen-bond donors (Lipinski definition) is 2. The van der Waals surface area contributed by atoms with Crippen LogP contribution in [0.5, 0.6) is 11.5 Å². The number of morpholine rings is 1. The predicted molar refractivity (Wildman–Crippen MR) is 121 cm³/mol. The van der Waals surface area contributed by atoms with Gasteiger partial charge in [-0.15, -0.1) is 12.6 Å². The summed E-state index contributed by atoms with van der Waals surface area (Å²) in [6.07, 6.45) is 1.43. The van der Waals surface area contributed by atoms with E-state index in [9.17, 15) is 4.39 Å². The first-order chi connectivity index (χ1) is 14.9. The molecular formula is C21H22ClFN4O3S. The van der Waals surface area contributed by atoms with Gasteiger partial charge in [0.25, 0.3) is 0 Å². The summed E-state index contributed by atoms with van der Waals surface area (Å²) in [6.45, 7) is 3.96. The lowest BCUT2D eigenvalue weighted by Crippen LogP contribution is -2.47. The van der Waals surface area contributed by atoms with Crippen LogP contribution in [0.2, 0.25) is 5.02 Å².